The minimum absolute atomic E-state index is 0.0414. The summed E-state index contributed by atoms with van der Waals surface area (Å²) >= 11 is 0. The molecule has 0 fully saturated rings. The summed E-state index contributed by atoms with van der Waals surface area (Å²) in [6, 6.07) is 12.0. The lowest BCUT2D eigenvalue weighted by Crippen LogP contribution is -2.10. The Morgan fingerprint density at radius 3 is 2.48 bits per heavy atom. The van der Waals surface area contributed by atoms with Gasteiger partial charge in [-0.1, -0.05) is 24.0 Å². The largest absolute Gasteiger partial charge is 0.493 e. The predicted molar refractivity (Wildman–Crippen MR) is 103 cm³/mol. The van der Waals surface area contributed by atoms with Crippen LogP contribution in [0.5, 0.6) is 17.2 Å². The van der Waals surface area contributed by atoms with Crippen LogP contribution in [0.15, 0.2) is 51.7 Å². The smallest absolute Gasteiger partial charge is 0.235 e. The van der Waals surface area contributed by atoms with E-state index >= 15 is 0 Å². The van der Waals surface area contributed by atoms with E-state index in [2.05, 4.69) is 11.8 Å². The molecule has 0 aliphatic rings. The lowest BCUT2D eigenvalue weighted by Gasteiger charge is -2.13. The van der Waals surface area contributed by atoms with Crippen LogP contribution in [-0.4, -0.2) is 20.3 Å². The zero-order valence-corrected chi connectivity index (χ0v) is 14.7. The molecule has 0 aliphatic heterocycles. The quantitative estimate of drug-likeness (QED) is 0.630. The van der Waals surface area contributed by atoms with E-state index < -0.39 is 0 Å². The van der Waals surface area contributed by atoms with Gasteiger partial charge in [-0.05, 0) is 30.3 Å². The van der Waals surface area contributed by atoms with Crippen molar-refractivity contribution in [3.8, 4) is 53.3 Å². The average Bonchev–Trinajstić information content (AvgIpc) is 2.71. The third-order valence-electron chi connectivity index (χ3n) is 3.79. The molecular weight excluding hydrogens is 344 g/mol. The van der Waals surface area contributed by atoms with Gasteiger partial charge in [0.25, 0.3) is 0 Å². The molecule has 1 aromatic heterocycles. The third kappa shape index (κ3) is 3.58. The van der Waals surface area contributed by atoms with Gasteiger partial charge in [-0.3, -0.25) is 4.79 Å². The summed E-state index contributed by atoms with van der Waals surface area (Å²) in [6.45, 7) is 0.00857. The number of hydrogen-bond acceptors (Lipinski definition) is 5. The van der Waals surface area contributed by atoms with Crippen molar-refractivity contribution in [1.29, 1.82) is 0 Å². The van der Waals surface area contributed by atoms with Gasteiger partial charge in [0.2, 0.25) is 11.2 Å². The van der Waals surface area contributed by atoms with Crippen molar-refractivity contribution >= 4 is 11.0 Å². The standard InChI is InChI=1S/C22H16O5/c1-4-12-25-19-14-15(10-11-18(19)24-3)21-22(26-13-5-2)20(23)16-8-6-7-9-17(16)27-21/h1-2,6-11,14H,12-13H2,3H3. The molecule has 3 aromatic rings. The van der Waals surface area contributed by atoms with Gasteiger partial charge in [0.15, 0.2) is 17.3 Å². The second-order valence-corrected chi connectivity index (χ2v) is 5.44. The van der Waals surface area contributed by atoms with Crippen LogP contribution in [0.1, 0.15) is 0 Å². The molecule has 134 valence electrons. The van der Waals surface area contributed by atoms with E-state index in [1.54, 1.807) is 42.5 Å². The van der Waals surface area contributed by atoms with Gasteiger partial charge in [0, 0.05) is 5.56 Å². The molecule has 0 N–H and O–H groups in total. The maximum absolute atomic E-state index is 12.9. The Balaban J connectivity index is 2.22. The highest BCUT2D eigenvalue weighted by atomic mass is 16.5. The fraction of sp³-hybridized carbons (Fsp3) is 0.136. The molecule has 3 rings (SSSR count). The van der Waals surface area contributed by atoms with Crippen molar-refractivity contribution in [2.24, 2.45) is 0 Å². The molecule has 0 atom stereocenters. The van der Waals surface area contributed by atoms with E-state index in [0.717, 1.165) is 0 Å². The summed E-state index contributed by atoms with van der Waals surface area (Å²) in [5, 5.41) is 0.408. The first-order valence-corrected chi connectivity index (χ1v) is 8.06. The van der Waals surface area contributed by atoms with Gasteiger partial charge in [-0.15, -0.1) is 12.8 Å². The summed E-state index contributed by atoms with van der Waals surface area (Å²) in [6.07, 6.45) is 10.5. The van der Waals surface area contributed by atoms with E-state index in [1.807, 2.05) is 0 Å². The molecule has 5 nitrogen and oxygen atoms in total. The molecule has 27 heavy (non-hydrogen) atoms. The van der Waals surface area contributed by atoms with Crippen molar-refractivity contribution in [2.75, 3.05) is 20.3 Å². The number of hydrogen-bond donors (Lipinski definition) is 0. The summed E-state index contributed by atoms with van der Waals surface area (Å²) in [4.78, 5) is 12.9. The van der Waals surface area contributed by atoms with E-state index in [1.165, 1.54) is 7.11 Å². The van der Waals surface area contributed by atoms with Crippen LogP contribution >= 0.6 is 0 Å². The Morgan fingerprint density at radius 1 is 1.00 bits per heavy atom. The Morgan fingerprint density at radius 2 is 1.74 bits per heavy atom. The lowest BCUT2D eigenvalue weighted by atomic mass is 10.1. The van der Waals surface area contributed by atoms with Crippen molar-refractivity contribution in [3.05, 3.63) is 52.7 Å². The molecule has 5 heteroatoms. The van der Waals surface area contributed by atoms with Gasteiger partial charge in [-0.2, -0.15) is 0 Å². The Labute approximate surface area is 156 Å². The number of ether oxygens (including phenoxy) is 3. The fourth-order valence-corrected chi connectivity index (χ4v) is 2.61. The molecule has 0 radical (unpaired) electrons. The molecule has 0 bridgehead atoms. The van der Waals surface area contributed by atoms with E-state index in [0.29, 0.717) is 28.0 Å². The first-order valence-electron chi connectivity index (χ1n) is 8.06. The number of methoxy groups -OCH3 is 1. The summed E-state index contributed by atoms with van der Waals surface area (Å²) < 4.78 is 22.3. The Kier molecular flexibility index (Phi) is 5.35. The molecular formula is C22H16O5. The van der Waals surface area contributed by atoms with Gasteiger partial charge in [0.05, 0.1) is 12.5 Å². The molecule has 2 aromatic carbocycles. The van der Waals surface area contributed by atoms with Crippen LogP contribution in [0.2, 0.25) is 0 Å². The minimum Gasteiger partial charge on any atom is -0.493 e. The minimum atomic E-state index is -0.302. The second-order valence-electron chi connectivity index (χ2n) is 5.44. The normalized spacial score (nSPS) is 10.0. The van der Waals surface area contributed by atoms with Gasteiger partial charge >= 0.3 is 0 Å². The SMILES string of the molecule is C#CCOc1cc(-c2oc3ccccc3c(=O)c2OCC#C)ccc1OC. The zero-order valence-electron chi connectivity index (χ0n) is 14.7. The van der Waals surface area contributed by atoms with Gasteiger partial charge in [0.1, 0.15) is 18.8 Å². The van der Waals surface area contributed by atoms with E-state index in [-0.39, 0.29) is 30.2 Å². The van der Waals surface area contributed by atoms with Crippen molar-refractivity contribution in [3.63, 3.8) is 0 Å². The molecule has 0 aliphatic carbocycles. The van der Waals surface area contributed by atoms with Crippen LogP contribution in [0.25, 0.3) is 22.3 Å². The molecule has 0 spiro atoms. The van der Waals surface area contributed by atoms with E-state index in [4.69, 9.17) is 31.5 Å². The topological polar surface area (TPSA) is 57.9 Å². The van der Waals surface area contributed by atoms with Crippen LogP contribution in [-0.2, 0) is 0 Å². The fourth-order valence-electron chi connectivity index (χ4n) is 2.61. The first kappa shape index (κ1) is 18.0. The van der Waals surface area contributed by atoms with E-state index in [9.17, 15) is 4.79 Å². The second kappa shape index (κ2) is 8.03. The number of fused-ring (bicyclic) bond motifs is 1. The molecule has 0 saturated heterocycles. The lowest BCUT2D eigenvalue weighted by molar-refractivity contribution is 0.331. The van der Waals surface area contributed by atoms with Crippen LogP contribution < -0.4 is 19.6 Å². The number of para-hydroxylation sites is 1. The summed E-state index contributed by atoms with van der Waals surface area (Å²) in [5.41, 5.74) is 0.703. The van der Waals surface area contributed by atoms with Crippen LogP contribution in [0.4, 0.5) is 0 Å². The molecule has 1 heterocycles. The summed E-state index contributed by atoms with van der Waals surface area (Å²) in [5.74, 6) is 5.98. The van der Waals surface area contributed by atoms with Crippen LogP contribution in [0, 0.1) is 24.7 Å². The first-order chi connectivity index (χ1) is 13.2. The molecule has 0 unspecified atom stereocenters. The Hall–Kier alpha value is -3.83. The van der Waals surface area contributed by atoms with Crippen molar-refractivity contribution < 1.29 is 18.6 Å². The van der Waals surface area contributed by atoms with Crippen molar-refractivity contribution in [1.82, 2.24) is 0 Å². The maximum atomic E-state index is 12.9. The highest BCUT2D eigenvalue weighted by Gasteiger charge is 2.19. The van der Waals surface area contributed by atoms with Crippen LogP contribution in [0.3, 0.4) is 0 Å². The van der Waals surface area contributed by atoms with Gasteiger partial charge < -0.3 is 18.6 Å². The highest BCUT2D eigenvalue weighted by molar-refractivity contribution is 5.82. The highest BCUT2D eigenvalue weighted by Crippen LogP contribution is 2.36. The summed E-state index contributed by atoms with van der Waals surface area (Å²) in [7, 11) is 1.52. The predicted octanol–water partition coefficient (Wildman–Crippen LogP) is 3.49. The van der Waals surface area contributed by atoms with Crippen molar-refractivity contribution in [2.45, 2.75) is 0 Å². The maximum Gasteiger partial charge on any atom is 0.235 e. The van der Waals surface area contributed by atoms with Gasteiger partial charge in [-0.25, -0.2) is 0 Å². The third-order valence-corrected chi connectivity index (χ3v) is 3.79. The number of terminal acetylenes is 2. The monoisotopic (exact) mass is 360 g/mol. The average molecular weight is 360 g/mol. The molecule has 0 saturated carbocycles. The number of rotatable bonds is 6. The molecule has 0 amide bonds. The Bertz CT molecular complexity index is 1110. The number of benzene rings is 2. The zero-order chi connectivity index (χ0) is 19.2.